The number of benzene rings is 1. The van der Waals surface area contributed by atoms with Gasteiger partial charge in [-0.05, 0) is 6.07 Å². The maximum absolute atomic E-state index is 12.7. The zero-order chi connectivity index (χ0) is 10.0. The van der Waals surface area contributed by atoms with Gasteiger partial charge in [-0.15, -0.1) is 0 Å². The Morgan fingerprint density at radius 2 is 2.15 bits per heavy atom. The van der Waals surface area contributed by atoms with E-state index in [-0.39, 0.29) is 17.2 Å². The molecule has 13 heavy (non-hydrogen) atoms. The number of hydrogen-bond donors (Lipinski definition) is 3. The second kappa shape index (κ2) is 3.91. The minimum atomic E-state index is -0.752. The van der Waals surface area contributed by atoms with E-state index in [1.54, 1.807) is 0 Å². The molecular formula is C8H9ClFNO2. The number of nitrogens with two attached hydrogens (primary N) is 1. The molecule has 0 aliphatic rings. The molecule has 0 amide bonds. The average Bonchev–Trinajstić information content (AvgIpc) is 2.13. The molecule has 1 rings (SSSR count). The van der Waals surface area contributed by atoms with Crippen LogP contribution in [0.4, 0.5) is 4.39 Å². The Kier molecular flexibility index (Phi) is 3.08. The molecule has 0 aliphatic heterocycles. The number of rotatable bonds is 2. The van der Waals surface area contributed by atoms with E-state index in [1.165, 1.54) is 6.07 Å². The third-order valence-corrected chi connectivity index (χ3v) is 2.06. The average molecular weight is 206 g/mol. The van der Waals surface area contributed by atoms with Gasteiger partial charge in [0.25, 0.3) is 0 Å². The Labute approximate surface area is 79.6 Å². The highest BCUT2D eigenvalue weighted by Crippen LogP contribution is 2.32. The number of phenolic OH excluding ortho intramolecular Hbond substituents is 1. The Morgan fingerprint density at radius 1 is 1.54 bits per heavy atom. The Balaban J connectivity index is 3.18. The van der Waals surface area contributed by atoms with E-state index in [4.69, 9.17) is 22.4 Å². The van der Waals surface area contributed by atoms with E-state index in [0.717, 1.165) is 6.07 Å². The summed E-state index contributed by atoms with van der Waals surface area (Å²) in [6.07, 6.45) is 0. The summed E-state index contributed by atoms with van der Waals surface area (Å²) in [4.78, 5) is 0. The fourth-order valence-electron chi connectivity index (χ4n) is 0.952. The molecule has 0 spiro atoms. The van der Waals surface area contributed by atoms with E-state index in [2.05, 4.69) is 0 Å². The summed E-state index contributed by atoms with van der Waals surface area (Å²) in [6, 6.07) is 1.63. The van der Waals surface area contributed by atoms with E-state index in [0.29, 0.717) is 0 Å². The number of aliphatic hydroxyl groups excluding tert-OH is 1. The summed E-state index contributed by atoms with van der Waals surface area (Å²) >= 11 is 5.42. The van der Waals surface area contributed by atoms with Crippen molar-refractivity contribution in [1.29, 1.82) is 0 Å². The molecule has 0 aromatic heterocycles. The largest absolute Gasteiger partial charge is 0.506 e. The first-order valence-corrected chi connectivity index (χ1v) is 3.99. The van der Waals surface area contributed by atoms with Crippen molar-refractivity contribution in [3.8, 4) is 5.75 Å². The summed E-state index contributed by atoms with van der Waals surface area (Å²) in [7, 11) is 0. The standard InChI is InChI=1S/C8H9ClFNO2/c9-7-5(10)2-1-4(8(7)13)6(11)3-12/h1-2,6,12-13H,3,11H2. The quantitative estimate of drug-likeness (QED) is 0.679. The van der Waals surface area contributed by atoms with E-state index in [1.807, 2.05) is 0 Å². The van der Waals surface area contributed by atoms with E-state index in [9.17, 15) is 9.50 Å². The summed E-state index contributed by atoms with van der Waals surface area (Å²) in [5.74, 6) is -1.13. The zero-order valence-electron chi connectivity index (χ0n) is 6.67. The van der Waals surface area contributed by atoms with Crippen molar-refractivity contribution in [3.05, 3.63) is 28.5 Å². The Hall–Kier alpha value is -0.840. The second-order valence-electron chi connectivity index (χ2n) is 2.59. The molecule has 5 heteroatoms. The topological polar surface area (TPSA) is 66.5 Å². The number of aromatic hydroxyl groups is 1. The van der Waals surface area contributed by atoms with Gasteiger partial charge in [0.1, 0.15) is 16.6 Å². The van der Waals surface area contributed by atoms with Gasteiger partial charge >= 0.3 is 0 Å². The lowest BCUT2D eigenvalue weighted by molar-refractivity contribution is 0.265. The van der Waals surface area contributed by atoms with Gasteiger partial charge in [-0.2, -0.15) is 0 Å². The van der Waals surface area contributed by atoms with Crippen LogP contribution in [0.1, 0.15) is 11.6 Å². The highest BCUT2D eigenvalue weighted by Gasteiger charge is 2.15. The smallest absolute Gasteiger partial charge is 0.145 e. The molecule has 1 unspecified atom stereocenters. The maximum atomic E-state index is 12.7. The lowest BCUT2D eigenvalue weighted by Gasteiger charge is -2.11. The second-order valence-corrected chi connectivity index (χ2v) is 2.97. The van der Waals surface area contributed by atoms with Gasteiger partial charge in [0.15, 0.2) is 0 Å². The number of phenols is 1. The summed E-state index contributed by atoms with van der Waals surface area (Å²) in [5.41, 5.74) is 5.65. The van der Waals surface area contributed by atoms with Crippen LogP contribution >= 0.6 is 11.6 Å². The molecule has 0 radical (unpaired) electrons. The van der Waals surface area contributed by atoms with Crippen molar-refractivity contribution in [2.75, 3.05) is 6.61 Å². The lowest BCUT2D eigenvalue weighted by atomic mass is 10.1. The Morgan fingerprint density at radius 3 is 2.69 bits per heavy atom. The molecule has 1 atom stereocenters. The van der Waals surface area contributed by atoms with Crippen LogP contribution in [0, 0.1) is 5.82 Å². The molecular weight excluding hydrogens is 197 g/mol. The van der Waals surface area contributed by atoms with Crippen molar-refractivity contribution in [2.24, 2.45) is 5.73 Å². The van der Waals surface area contributed by atoms with Gasteiger partial charge < -0.3 is 15.9 Å². The van der Waals surface area contributed by atoms with Crippen molar-refractivity contribution in [3.63, 3.8) is 0 Å². The maximum Gasteiger partial charge on any atom is 0.145 e. The predicted molar refractivity (Wildman–Crippen MR) is 47.1 cm³/mol. The van der Waals surface area contributed by atoms with Crippen LogP contribution in [0.15, 0.2) is 12.1 Å². The molecule has 0 saturated heterocycles. The molecule has 1 aromatic carbocycles. The van der Waals surface area contributed by atoms with Crippen LogP contribution in [-0.4, -0.2) is 16.8 Å². The molecule has 0 aliphatic carbocycles. The lowest BCUT2D eigenvalue weighted by Crippen LogP contribution is -2.14. The van der Waals surface area contributed by atoms with Gasteiger partial charge in [0.2, 0.25) is 0 Å². The van der Waals surface area contributed by atoms with Crippen LogP contribution in [0.25, 0.3) is 0 Å². The highest BCUT2D eigenvalue weighted by molar-refractivity contribution is 6.32. The van der Waals surface area contributed by atoms with Crippen LogP contribution in [0.3, 0.4) is 0 Å². The van der Waals surface area contributed by atoms with Crippen LogP contribution < -0.4 is 5.73 Å². The fourth-order valence-corrected chi connectivity index (χ4v) is 1.12. The van der Waals surface area contributed by atoms with Crippen molar-refractivity contribution >= 4 is 11.6 Å². The first-order valence-electron chi connectivity index (χ1n) is 3.61. The summed E-state index contributed by atoms with van der Waals surface area (Å²) in [5, 5.41) is 17.6. The normalized spacial score (nSPS) is 12.9. The van der Waals surface area contributed by atoms with Gasteiger partial charge in [-0.25, -0.2) is 4.39 Å². The van der Waals surface area contributed by atoms with Crippen LogP contribution in [0.2, 0.25) is 5.02 Å². The van der Waals surface area contributed by atoms with E-state index < -0.39 is 17.6 Å². The van der Waals surface area contributed by atoms with Gasteiger partial charge in [-0.1, -0.05) is 17.7 Å². The molecule has 0 bridgehead atoms. The van der Waals surface area contributed by atoms with Crippen LogP contribution in [-0.2, 0) is 0 Å². The SMILES string of the molecule is NC(CO)c1ccc(F)c(Cl)c1O. The molecule has 0 heterocycles. The monoisotopic (exact) mass is 205 g/mol. The summed E-state index contributed by atoms with van der Waals surface area (Å²) < 4.78 is 12.7. The first-order chi connectivity index (χ1) is 6.07. The third-order valence-electron chi connectivity index (χ3n) is 1.70. The van der Waals surface area contributed by atoms with Crippen molar-refractivity contribution < 1.29 is 14.6 Å². The number of aliphatic hydroxyl groups is 1. The highest BCUT2D eigenvalue weighted by atomic mass is 35.5. The first kappa shape index (κ1) is 10.2. The summed E-state index contributed by atoms with van der Waals surface area (Å²) in [6.45, 7) is -0.338. The van der Waals surface area contributed by atoms with Crippen LogP contribution in [0.5, 0.6) is 5.75 Å². The third kappa shape index (κ3) is 1.91. The van der Waals surface area contributed by atoms with Gasteiger partial charge in [0, 0.05) is 5.56 Å². The Bertz CT molecular complexity index is 319. The van der Waals surface area contributed by atoms with Gasteiger partial charge in [0.05, 0.1) is 12.6 Å². The molecule has 1 aromatic rings. The molecule has 0 fully saturated rings. The molecule has 0 saturated carbocycles. The van der Waals surface area contributed by atoms with Crippen molar-refractivity contribution in [2.45, 2.75) is 6.04 Å². The van der Waals surface area contributed by atoms with E-state index >= 15 is 0 Å². The molecule has 3 nitrogen and oxygen atoms in total. The molecule has 4 N–H and O–H groups in total. The minimum absolute atomic E-state index is 0.230. The zero-order valence-corrected chi connectivity index (χ0v) is 7.42. The fraction of sp³-hybridized carbons (Fsp3) is 0.250. The minimum Gasteiger partial charge on any atom is -0.506 e. The molecule has 72 valence electrons. The number of hydrogen-bond acceptors (Lipinski definition) is 3. The number of halogens is 2. The predicted octanol–water partition coefficient (Wildman–Crippen LogP) is 1.18. The van der Waals surface area contributed by atoms with Crippen molar-refractivity contribution in [1.82, 2.24) is 0 Å². The van der Waals surface area contributed by atoms with Gasteiger partial charge in [-0.3, -0.25) is 0 Å².